The quantitative estimate of drug-likeness (QED) is 0.615. The molecule has 0 atom stereocenters. The molecule has 1 aromatic rings. The second kappa shape index (κ2) is 3.49. The van der Waals surface area contributed by atoms with E-state index < -0.39 is 5.24 Å². The summed E-state index contributed by atoms with van der Waals surface area (Å²) < 4.78 is 1.16. The van der Waals surface area contributed by atoms with E-state index in [9.17, 15) is 9.59 Å². The van der Waals surface area contributed by atoms with Gasteiger partial charge in [0.15, 0.2) is 0 Å². The predicted molar refractivity (Wildman–Crippen MR) is 44.0 cm³/mol. The molecule has 0 radical (unpaired) electrons. The molecule has 0 saturated heterocycles. The predicted octanol–water partition coefficient (Wildman–Crippen LogP) is 0.0882. The standard InChI is InChI=1S/C7H7ClN2O2/c1-10-7(12)3-2-5(9-10)4-6(8)11/h2-3H,4H2,1H3. The molecule has 1 rings (SSSR count). The van der Waals surface area contributed by atoms with Gasteiger partial charge in [-0.1, -0.05) is 0 Å². The average Bonchev–Trinajstić information content (AvgIpc) is 1.96. The Morgan fingerprint density at radius 2 is 2.33 bits per heavy atom. The van der Waals surface area contributed by atoms with Crippen LogP contribution in [0.4, 0.5) is 0 Å². The lowest BCUT2D eigenvalue weighted by atomic mass is 10.3. The lowest BCUT2D eigenvalue weighted by Crippen LogP contribution is -2.19. The Labute approximate surface area is 73.8 Å². The molecule has 0 bridgehead atoms. The molecular formula is C7H7ClN2O2. The molecule has 0 N–H and O–H groups in total. The second-order valence-electron chi connectivity index (χ2n) is 2.32. The first-order chi connectivity index (χ1) is 5.59. The SMILES string of the molecule is Cn1nc(CC(=O)Cl)ccc1=O. The van der Waals surface area contributed by atoms with Crippen LogP contribution in [0.3, 0.4) is 0 Å². The highest BCUT2D eigenvalue weighted by Crippen LogP contribution is 1.94. The summed E-state index contributed by atoms with van der Waals surface area (Å²) in [5.74, 6) is 0. The Balaban J connectivity index is 2.97. The largest absolute Gasteiger partial charge is 0.281 e. The lowest BCUT2D eigenvalue weighted by Gasteiger charge is -1.97. The number of carbonyl (C=O) groups excluding carboxylic acids is 1. The molecule has 12 heavy (non-hydrogen) atoms. The maximum Gasteiger partial charge on any atom is 0.266 e. The maximum atomic E-state index is 10.8. The fourth-order valence-electron chi connectivity index (χ4n) is 0.787. The van der Waals surface area contributed by atoms with E-state index in [1.807, 2.05) is 0 Å². The van der Waals surface area contributed by atoms with Crippen LogP contribution in [0.5, 0.6) is 0 Å². The van der Waals surface area contributed by atoms with Crippen molar-refractivity contribution in [2.24, 2.45) is 7.05 Å². The molecule has 4 nitrogen and oxygen atoms in total. The second-order valence-corrected chi connectivity index (χ2v) is 2.74. The summed E-state index contributed by atoms with van der Waals surface area (Å²) in [6, 6.07) is 2.84. The number of hydrogen-bond donors (Lipinski definition) is 0. The third-order valence-electron chi connectivity index (χ3n) is 1.34. The van der Waals surface area contributed by atoms with Gasteiger partial charge < -0.3 is 0 Å². The third-order valence-corrected chi connectivity index (χ3v) is 1.47. The van der Waals surface area contributed by atoms with Gasteiger partial charge in [0.1, 0.15) is 0 Å². The molecule has 0 aliphatic heterocycles. The fraction of sp³-hybridized carbons (Fsp3) is 0.286. The molecule has 0 aliphatic rings. The summed E-state index contributed by atoms with van der Waals surface area (Å²) in [7, 11) is 1.52. The molecule has 64 valence electrons. The van der Waals surface area contributed by atoms with Gasteiger partial charge in [-0.05, 0) is 17.7 Å². The minimum Gasteiger partial charge on any atom is -0.281 e. The molecule has 0 aliphatic carbocycles. The Bertz CT molecular complexity index is 359. The lowest BCUT2D eigenvalue weighted by molar-refractivity contribution is -0.111. The Morgan fingerprint density at radius 3 is 2.83 bits per heavy atom. The molecule has 0 spiro atoms. The van der Waals surface area contributed by atoms with E-state index in [4.69, 9.17) is 11.6 Å². The van der Waals surface area contributed by atoms with Crippen molar-refractivity contribution in [3.63, 3.8) is 0 Å². The van der Waals surface area contributed by atoms with Gasteiger partial charge in [0.05, 0.1) is 12.1 Å². The van der Waals surface area contributed by atoms with Gasteiger partial charge in [0.25, 0.3) is 5.56 Å². The van der Waals surface area contributed by atoms with Crippen LogP contribution < -0.4 is 5.56 Å². The van der Waals surface area contributed by atoms with Crippen molar-refractivity contribution in [2.75, 3.05) is 0 Å². The summed E-state index contributed by atoms with van der Waals surface area (Å²) in [6.07, 6.45) is 0.0513. The summed E-state index contributed by atoms with van der Waals surface area (Å²) in [5, 5.41) is 3.33. The number of halogens is 1. The van der Waals surface area contributed by atoms with Crippen LogP contribution in [0, 0.1) is 0 Å². The highest BCUT2D eigenvalue weighted by molar-refractivity contribution is 6.63. The Morgan fingerprint density at radius 1 is 1.67 bits per heavy atom. The highest BCUT2D eigenvalue weighted by atomic mass is 35.5. The van der Waals surface area contributed by atoms with Crippen molar-refractivity contribution >= 4 is 16.8 Å². The van der Waals surface area contributed by atoms with Crippen molar-refractivity contribution < 1.29 is 4.79 Å². The molecule has 1 heterocycles. The van der Waals surface area contributed by atoms with E-state index in [1.54, 1.807) is 0 Å². The van der Waals surface area contributed by atoms with Crippen molar-refractivity contribution in [1.82, 2.24) is 9.78 Å². The van der Waals surface area contributed by atoms with Crippen molar-refractivity contribution in [1.29, 1.82) is 0 Å². The topological polar surface area (TPSA) is 52.0 Å². The van der Waals surface area contributed by atoms with Crippen molar-refractivity contribution in [2.45, 2.75) is 6.42 Å². The van der Waals surface area contributed by atoms with E-state index >= 15 is 0 Å². The van der Waals surface area contributed by atoms with E-state index in [1.165, 1.54) is 19.2 Å². The van der Waals surface area contributed by atoms with Gasteiger partial charge in [-0.2, -0.15) is 5.10 Å². The van der Waals surface area contributed by atoms with Gasteiger partial charge in [-0.15, -0.1) is 0 Å². The molecule has 1 aromatic heterocycles. The number of nitrogens with zero attached hydrogens (tertiary/aromatic N) is 2. The first-order valence-corrected chi connectivity index (χ1v) is 3.69. The van der Waals surface area contributed by atoms with Crippen LogP contribution in [0.25, 0.3) is 0 Å². The molecule has 0 saturated carbocycles. The van der Waals surface area contributed by atoms with Gasteiger partial charge in [0.2, 0.25) is 5.24 Å². The van der Waals surface area contributed by atoms with Gasteiger partial charge in [-0.3, -0.25) is 9.59 Å². The first-order valence-electron chi connectivity index (χ1n) is 3.31. The number of rotatable bonds is 2. The molecule has 0 aromatic carbocycles. The normalized spacial score (nSPS) is 9.83. The Hall–Kier alpha value is -1.16. The molecule has 0 fully saturated rings. The summed E-state index contributed by atoms with van der Waals surface area (Å²) in [6.45, 7) is 0. The summed E-state index contributed by atoms with van der Waals surface area (Å²) in [5.41, 5.74) is 0.290. The van der Waals surface area contributed by atoms with Gasteiger partial charge >= 0.3 is 0 Å². The fourth-order valence-corrected chi connectivity index (χ4v) is 0.924. The smallest absolute Gasteiger partial charge is 0.266 e. The zero-order valence-electron chi connectivity index (χ0n) is 6.45. The van der Waals surface area contributed by atoms with Crippen LogP contribution >= 0.6 is 11.6 Å². The van der Waals surface area contributed by atoms with Gasteiger partial charge in [-0.25, -0.2) is 4.68 Å². The monoisotopic (exact) mass is 186 g/mol. The zero-order chi connectivity index (χ0) is 9.14. The number of carbonyl (C=O) groups is 1. The number of hydrogen-bond acceptors (Lipinski definition) is 3. The van der Waals surface area contributed by atoms with E-state index in [2.05, 4.69) is 5.10 Å². The summed E-state index contributed by atoms with van der Waals surface area (Å²) in [4.78, 5) is 21.3. The number of aromatic nitrogens is 2. The molecule has 0 unspecified atom stereocenters. The van der Waals surface area contributed by atoms with Crippen LogP contribution in [0.2, 0.25) is 0 Å². The first kappa shape index (κ1) is 8.93. The van der Waals surface area contributed by atoms with Crippen LogP contribution in [-0.4, -0.2) is 15.0 Å². The minimum absolute atomic E-state index is 0.0513. The highest BCUT2D eigenvalue weighted by Gasteiger charge is 2.01. The third kappa shape index (κ3) is 2.17. The number of aryl methyl sites for hydroxylation is 1. The van der Waals surface area contributed by atoms with E-state index in [-0.39, 0.29) is 12.0 Å². The zero-order valence-corrected chi connectivity index (χ0v) is 7.21. The van der Waals surface area contributed by atoms with Gasteiger partial charge in [0, 0.05) is 13.1 Å². The maximum absolute atomic E-state index is 10.8. The van der Waals surface area contributed by atoms with Crippen molar-refractivity contribution in [3.05, 3.63) is 28.2 Å². The average molecular weight is 187 g/mol. The van der Waals surface area contributed by atoms with E-state index in [0.717, 1.165) is 4.68 Å². The molecule has 0 amide bonds. The van der Waals surface area contributed by atoms with Crippen molar-refractivity contribution in [3.8, 4) is 0 Å². The minimum atomic E-state index is -0.485. The van der Waals surface area contributed by atoms with Crippen LogP contribution in [0.15, 0.2) is 16.9 Å². The Kier molecular flexibility index (Phi) is 2.60. The molecular weight excluding hydrogens is 180 g/mol. The van der Waals surface area contributed by atoms with Crippen LogP contribution in [0.1, 0.15) is 5.69 Å². The molecule has 5 heteroatoms. The van der Waals surface area contributed by atoms with Crippen LogP contribution in [-0.2, 0) is 18.3 Å². The van der Waals surface area contributed by atoms with E-state index in [0.29, 0.717) is 5.69 Å². The summed E-state index contributed by atoms with van der Waals surface area (Å²) >= 11 is 5.14.